The zero-order valence-electron chi connectivity index (χ0n) is 15.6. The second-order valence-electron chi connectivity index (χ2n) is 7.33. The number of carbonyl (C=O) groups excluding carboxylic acids is 3. The molecule has 0 bridgehead atoms. The highest BCUT2D eigenvalue weighted by Gasteiger charge is 2.44. The van der Waals surface area contributed by atoms with Gasteiger partial charge in [-0.25, -0.2) is 0 Å². The molecule has 3 rings (SSSR count). The summed E-state index contributed by atoms with van der Waals surface area (Å²) in [7, 11) is 0. The number of hydrogen-bond acceptors (Lipinski definition) is 4. The van der Waals surface area contributed by atoms with Crippen molar-refractivity contribution in [3.8, 4) is 5.75 Å². The first-order valence-corrected chi connectivity index (χ1v) is 9.89. The van der Waals surface area contributed by atoms with Crippen molar-refractivity contribution < 1.29 is 19.1 Å². The van der Waals surface area contributed by atoms with Gasteiger partial charge in [0, 0.05) is 18.0 Å². The minimum atomic E-state index is 0.138. The molecule has 1 saturated heterocycles. The zero-order chi connectivity index (χ0) is 19.1. The van der Waals surface area contributed by atoms with Gasteiger partial charge in [0.25, 0.3) is 0 Å². The summed E-state index contributed by atoms with van der Waals surface area (Å²) in [6.07, 6.45) is 12.7. The van der Waals surface area contributed by atoms with Crippen molar-refractivity contribution in [1.82, 2.24) is 0 Å². The van der Waals surface area contributed by atoms with Crippen molar-refractivity contribution in [3.05, 3.63) is 35.9 Å². The summed E-state index contributed by atoms with van der Waals surface area (Å²) in [5, 5.41) is 0. The standard InChI is InChI=1S/C22H27NO4/c24-12-5-3-1-2-4-6-13-27-21-11-10-17(16-25)14-20(21)23-19-9-7-8-18(19)15-22(23)26/h3,5,10-12,14,16,18-19H,1-2,4,6-9,13,15H2/b5-3+/t18-,19-/m1/s1. The lowest BCUT2D eigenvalue weighted by Gasteiger charge is -2.26. The molecular weight excluding hydrogens is 342 g/mol. The van der Waals surface area contributed by atoms with Gasteiger partial charge < -0.3 is 9.64 Å². The molecule has 0 spiro atoms. The van der Waals surface area contributed by atoms with Crippen LogP contribution in [-0.2, 0) is 9.59 Å². The largest absolute Gasteiger partial charge is 0.491 e. The van der Waals surface area contributed by atoms with E-state index in [9.17, 15) is 14.4 Å². The van der Waals surface area contributed by atoms with E-state index in [-0.39, 0.29) is 11.9 Å². The van der Waals surface area contributed by atoms with Gasteiger partial charge in [0.05, 0.1) is 12.3 Å². The van der Waals surface area contributed by atoms with E-state index in [1.165, 1.54) is 6.08 Å². The summed E-state index contributed by atoms with van der Waals surface area (Å²) >= 11 is 0. The summed E-state index contributed by atoms with van der Waals surface area (Å²) < 4.78 is 5.99. The third-order valence-corrected chi connectivity index (χ3v) is 5.52. The van der Waals surface area contributed by atoms with E-state index in [2.05, 4.69) is 0 Å². The van der Waals surface area contributed by atoms with Crippen molar-refractivity contribution in [2.24, 2.45) is 5.92 Å². The topological polar surface area (TPSA) is 63.7 Å². The Morgan fingerprint density at radius 3 is 2.85 bits per heavy atom. The van der Waals surface area contributed by atoms with Crippen LogP contribution in [0.2, 0.25) is 0 Å². The van der Waals surface area contributed by atoms with Gasteiger partial charge in [-0.05, 0) is 68.7 Å². The number of rotatable bonds is 10. The van der Waals surface area contributed by atoms with Crippen molar-refractivity contribution in [2.75, 3.05) is 11.5 Å². The van der Waals surface area contributed by atoms with Gasteiger partial charge in [-0.3, -0.25) is 14.4 Å². The molecule has 1 heterocycles. The maximum Gasteiger partial charge on any atom is 0.227 e. The molecule has 0 N–H and O–H groups in total. The fourth-order valence-corrected chi connectivity index (χ4v) is 4.21. The minimum Gasteiger partial charge on any atom is -0.491 e. The highest BCUT2D eigenvalue weighted by Crippen LogP contribution is 2.44. The average Bonchev–Trinajstić information content (AvgIpc) is 3.24. The molecule has 1 amide bonds. The van der Waals surface area contributed by atoms with Crippen molar-refractivity contribution >= 4 is 24.2 Å². The molecule has 0 unspecified atom stereocenters. The van der Waals surface area contributed by atoms with Crippen LogP contribution in [-0.4, -0.2) is 31.1 Å². The molecule has 1 aliphatic heterocycles. The Balaban J connectivity index is 1.63. The number of aldehydes is 2. The van der Waals surface area contributed by atoms with Crippen molar-refractivity contribution in [2.45, 2.75) is 57.4 Å². The molecule has 27 heavy (non-hydrogen) atoms. The molecule has 5 nitrogen and oxygen atoms in total. The summed E-state index contributed by atoms with van der Waals surface area (Å²) in [5.74, 6) is 1.26. The van der Waals surface area contributed by atoms with Gasteiger partial charge in [-0.15, -0.1) is 0 Å². The van der Waals surface area contributed by atoms with Gasteiger partial charge in [0.1, 0.15) is 18.3 Å². The fraction of sp³-hybridized carbons (Fsp3) is 0.500. The number of amides is 1. The number of allylic oxidation sites excluding steroid dienone is 2. The van der Waals surface area contributed by atoms with Crippen molar-refractivity contribution in [1.29, 1.82) is 0 Å². The number of anilines is 1. The Hall–Kier alpha value is -2.43. The Labute approximate surface area is 160 Å². The summed E-state index contributed by atoms with van der Waals surface area (Å²) in [5.41, 5.74) is 1.31. The number of benzene rings is 1. The van der Waals surface area contributed by atoms with E-state index in [1.807, 2.05) is 11.0 Å². The smallest absolute Gasteiger partial charge is 0.227 e. The predicted molar refractivity (Wildman–Crippen MR) is 104 cm³/mol. The number of hydrogen-bond donors (Lipinski definition) is 0. The first-order valence-electron chi connectivity index (χ1n) is 9.89. The van der Waals surface area contributed by atoms with E-state index in [4.69, 9.17) is 4.74 Å². The highest BCUT2D eigenvalue weighted by molar-refractivity contribution is 5.99. The third kappa shape index (κ3) is 4.65. The summed E-state index contributed by atoms with van der Waals surface area (Å²) in [6.45, 7) is 0.570. The third-order valence-electron chi connectivity index (χ3n) is 5.52. The molecule has 1 aromatic rings. The molecule has 0 aromatic heterocycles. The molecule has 144 valence electrons. The van der Waals surface area contributed by atoms with E-state index < -0.39 is 0 Å². The lowest BCUT2D eigenvalue weighted by Crippen LogP contribution is -2.33. The lowest BCUT2D eigenvalue weighted by molar-refractivity contribution is -0.117. The van der Waals surface area contributed by atoms with E-state index in [1.54, 1.807) is 18.2 Å². The first-order chi connectivity index (χ1) is 13.2. The van der Waals surface area contributed by atoms with Crippen LogP contribution in [0.1, 0.15) is 61.7 Å². The Kier molecular flexibility index (Phi) is 6.80. The van der Waals surface area contributed by atoms with Crippen LogP contribution < -0.4 is 9.64 Å². The normalized spacial score (nSPS) is 21.6. The molecule has 1 aliphatic carbocycles. The Morgan fingerprint density at radius 2 is 2.04 bits per heavy atom. The van der Waals surface area contributed by atoms with Crippen LogP contribution >= 0.6 is 0 Å². The van der Waals surface area contributed by atoms with E-state index in [0.717, 1.165) is 63.2 Å². The lowest BCUT2D eigenvalue weighted by atomic mass is 10.0. The Bertz CT molecular complexity index is 712. The second-order valence-corrected chi connectivity index (χ2v) is 7.33. The molecule has 0 radical (unpaired) electrons. The van der Waals surface area contributed by atoms with Crippen LogP contribution in [0.4, 0.5) is 5.69 Å². The summed E-state index contributed by atoms with van der Waals surface area (Å²) in [4.78, 5) is 35.9. The number of nitrogens with zero attached hydrogens (tertiary/aromatic N) is 1. The number of unbranched alkanes of at least 4 members (excludes halogenated alkanes) is 3. The van der Waals surface area contributed by atoms with Crippen LogP contribution in [0.5, 0.6) is 5.75 Å². The van der Waals surface area contributed by atoms with E-state index >= 15 is 0 Å². The highest BCUT2D eigenvalue weighted by atomic mass is 16.5. The van der Waals surface area contributed by atoms with Crippen LogP contribution in [0.15, 0.2) is 30.4 Å². The maximum absolute atomic E-state index is 12.6. The fourth-order valence-electron chi connectivity index (χ4n) is 4.21. The average molecular weight is 369 g/mol. The first kappa shape index (κ1) is 19.3. The van der Waals surface area contributed by atoms with Gasteiger partial charge in [0.2, 0.25) is 5.91 Å². The van der Waals surface area contributed by atoms with Gasteiger partial charge >= 0.3 is 0 Å². The maximum atomic E-state index is 12.6. The van der Waals surface area contributed by atoms with Crippen LogP contribution in [0.3, 0.4) is 0 Å². The second kappa shape index (κ2) is 9.49. The van der Waals surface area contributed by atoms with Crippen LogP contribution in [0.25, 0.3) is 0 Å². The van der Waals surface area contributed by atoms with E-state index in [0.29, 0.717) is 30.3 Å². The monoisotopic (exact) mass is 369 g/mol. The van der Waals surface area contributed by atoms with Gasteiger partial charge in [-0.2, -0.15) is 0 Å². The summed E-state index contributed by atoms with van der Waals surface area (Å²) in [6, 6.07) is 5.57. The van der Waals surface area contributed by atoms with Crippen molar-refractivity contribution in [3.63, 3.8) is 0 Å². The molecule has 5 heteroatoms. The molecule has 1 aromatic carbocycles. The number of ether oxygens (including phenoxy) is 1. The molecule has 1 saturated carbocycles. The Morgan fingerprint density at radius 1 is 1.15 bits per heavy atom. The number of fused-ring (bicyclic) bond motifs is 1. The quantitative estimate of drug-likeness (QED) is 0.354. The molecule has 2 atom stereocenters. The zero-order valence-corrected chi connectivity index (χ0v) is 15.6. The van der Waals surface area contributed by atoms with Gasteiger partial charge in [-0.1, -0.05) is 12.5 Å². The van der Waals surface area contributed by atoms with Gasteiger partial charge in [0.15, 0.2) is 0 Å². The molecule has 2 fully saturated rings. The molecular formula is C22H27NO4. The predicted octanol–water partition coefficient (Wildman–Crippen LogP) is 4.10. The number of carbonyl (C=O) groups is 3. The molecule has 2 aliphatic rings. The minimum absolute atomic E-state index is 0.138. The SMILES string of the molecule is O=C/C=C/CCCCCOc1ccc(C=O)cc1N1C(=O)C[C@H]2CCC[C@H]21. The van der Waals surface area contributed by atoms with Crippen LogP contribution in [0, 0.1) is 5.92 Å².